The van der Waals surface area contributed by atoms with Crippen LogP contribution in [0.1, 0.15) is 24.0 Å². The number of hydrogen-bond acceptors (Lipinski definition) is 1. The minimum atomic E-state index is -0.101. The molecule has 0 aliphatic carbocycles. The maximum Gasteiger partial charge on any atom is 0.206 e. The van der Waals surface area contributed by atoms with Crippen molar-refractivity contribution >= 4 is 6.29 Å². The van der Waals surface area contributed by atoms with Crippen LogP contribution in [-0.4, -0.2) is 6.29 Å². The molecule has 0 fully saturated rings. The molecule has 0 heterocycles. The molecule has 0 saturated carbocycles. The first-order valence-corrected chi connectivity index (χ1v) is 3.69. The molecule has 0 N–H and O–H groups in total. The monoisotopic (exact) mass is 147 g/mol. The maximum atomic E-state index is 10.3. The third kappa shape index (κ3) is 1.67. The molecule has 1 radical (unpaired) electrons. The molecule has 57 valence electrons. The van der Waals surface area contributed by atoms with E-state index >= 15 is 0 Å². The van der Waals surface area contributed by atoms with Gasteiger partial charge in [-0.15, -0.1) is 0 Å². The van der Waals surface area contributed by atoms with Gasteiger partial charge in [-0.05, 0) is 18.1 Å². The van der Waals surface area contributed by atoms with E-state index in [4.69, 9.17) is 0 Å². The summed E-state index contributed by atoms with van der Waals surface area (Å²) in [5.74, 6) is -0.101. The SMILES string of the molecule is Cc1ccccc1[C@@H](C)[C]=O. The highest BCUT2D eigenvalue weighted by atomic mass is 16.1. The fourth-order valence-corrected chi connectivity index (χ4v) is 1.14. The summed E-state index contributed by atoms with van der Waals surface area (Å²) in [4.78, 5) is 10.3. The molecule has 1 aromatic rings. The summed E-state index contributed by atoms with van der Waals surface area (Å²) in [5, 5.41) is 0. The Hall–Kier alpha value is -1.11. The number of rotatable bonds is 2. The molecule has 0 spiro atoms. The van der Waals surface area contributed by atoms with E-state index in [1.807, 2.05) is 44.4 Å². The van der Waals surface area contributed by atoms with Crippen molar-refractivity contribution < 1.29 is 4.79 Å². The van der Waals surface area contributed by atoms with E-state index in [1.54, 1.807) is 0 Å². The molecule has 1 atom stereocenters. The molecular formula is C10H11O. The van der Waals surface area contributed by atoms with E-state index in [9.17, 15) is 4.79 Å². The van der Waals surface area contributed by atoms with Crippen LogP contribution in [0.15, 0.2) is 24.3 Å². The van der Waals surface area contributed by atoms with E-state index in [0.717, 1.165) is 11.1 Å². The standard InChI is InChI=1S/C10H11O/c1-8-5-3-4-6-10(8)9(2)7-11/h3-6,9H,1-2H3/t9-/m0/s1. The van der Waals surface area contributed by atoms with Crippen LogP contribution in [0.2, 0.25) is 0 Å². The molecule has 1 aromatic carbocycles. The first-order valence-electron chi connectivity index (χ1n) is 3.69. The molecule has 0 bridgehead atoms. The van der Waals surface area contributed by atoms with Crippen molar-refractivity contribution in [1.82, 2.24) is 0 Å². The van der Waals surface area contributed by atoms with Crippen molar-refractivity contribution in [3.63, 3.8) is 0 Å². The first kappa shape index (κ1) is 7.99. The van der Waals surface area contributed by atoms with Gasteiger partial charge in [0, 0.05) is 5.92 Å². The van der Waals surface area contributed by atoms with Crippen LogP contribution in [0.3, 0.4) is 0 Å². The molecule has 1 nitrogen and oxygen atoms in total. The molecule has 1 heteroatoms. The van der Waals surface area contributed by atoms with Crippen LogP contribution in [0.4, 0.5) is 0 Å². The summed E-state index contributed by atoms with van der Waals surface area (Å²) < 4.78 is 0. The summed E-state index contributed by atoms with van der Waals surface area (Å²) in [7, 11) is 0. The van der Waals surface area contributed by atoms with Crippen LogP contribution >= 0.6 is 0 Å². The van der Waals surface area contributed by atoms with Crippen LogP contribution in [0, 0.1) is 6.92 Å². The lowest BCUT2D eigenvalue weighted by molar-refractivity contribution is 0.546. The molecule has 0 amide bonds. The molecule has 0 saturated heterocycles. The van der Waals surface area contributed by atoms with Crippen molar-refractivity contribution in [2.45, 2.75) is 19.8 Å². The molecule has 0 aliphatic rings. The van der Waals surface area contributed by atoms with Gasteiger partial charge in [-0.25, -0.2) is 0 Å². The predicted octanol–water partition coefficient (Wildman–Crippen LogP) is 2.21. The minimum absolute atomic E-state index is 0.101. The highest BCUT2D eigenvalue weighted by Crippen LogP contribution is 2.16. The summed E-state index contributed by atoms with van der Waals surface area (Å²) in [5.41, 5.74) is 2.23. The Morgan fingerprint density at radius 1 is 1.36 bits per heavy atom. The van der Waals surface area contributed by atoms with E-state index < -0.39 is 0 Å². The van der Waals surface area contributed by atoms with Crippen LogP contribution < -0.4 is 0 Å². The topological polar surface area (TPSA) is 17.1 Å². The zero-order valence-electron chi connectivity index (χ0n) is 6.79. The summed E-state index contributed by atoms with van der Waals surface area (Å²) >= 11 is 0. The fourth-order valence-electron chi connectivity index (χ4n) is 1.14. The van der Waals surface area contributed by atoms with Crippen molar-refractivity contribution in [2.24, 2.45) is 0 Å². The quantitative estimate of drug-likeness (QED) is 0.626. The van der Waals surface area contributed by atoms with Gasteiger partial charge in [-0.3, -0.25) is 4.79 Å². The molecule has 11 heavy (non-hydrogen) atoms. The van der Waals surface area contributed by atoms with Crippen LogP contribution in [0.25, 0.3) is 0 Å². The highest BCUT2D eigenvalue weighted by molar-refractivity contribution is 5.63. The molecule has 0 aromatic heterocycles. The average molecular weight is 147 g/mol. The zero-order valence-corrected chi connectivity index (χ0v) is 6.79. The minimum Gasteiger partial charge on any atom is -0.290 e. The number of hydrogen-bond donors (Lipinski definition) is 0. The van der Waals surface area contributed by atoms with Crippen LogP contribution in [0.5, 0.6) is 0 Å². The van der Waals surface area contributed by atoms with Crippen molar-refractivity contribution in [2.75, 3.05) is 0 Å². The van der Waals surface area contributed by atoms with Gasteiger partial charge >= 0.3 is 0 Å². The van der Waals surface area contributed by atoms with Gasteiger partial charge in [-0.1, -0.05) is 31.2 Å². The van der Waals surface area contributed by atoms with Crippen molar-refractivity contribution in [3.8, 4) is 0 Å². The van der Waals surface area contributed by atoms with Gasteiger partial charge in [0.15, 0.2) is 0 Å². The summed E-state index contributed by atoms with van der Waals surface area (Å²) in [6.07, 6.45) is 1.97. The third-order valence-corrected chi connectivity index (χ3v) is 1.83. The number of carbonyl (C=O) groups excluding carboxylic acids is 1. The molecule has 1 rings (SSSR count). The summed E-state index contributed by atoms with van der Waals surface area (Å²) in [6, 6.07) is 7.88. The Kier molecular flexibility index (Phi) is 2.42. The predicted molar refractivity (Wildman–Crippen MR) is 45.3 cm³/mol. The van der Waals surface area contributed by atoms with Gasteiger partial charge in [0.05, 0.1) is 0 Å². The van der Waals surface area contributed by atoms with E-state index in [2.05, 4.69) is 0 Å². The lowest BCUT2D eigenvalue weighted by Crippen LogP contribution is -1.96. The molecule has 0 aliphatic heterocycles. The maximum absolute atomic E-state index is 10.3. The smallest absolute Gasteiger partial charge is 0.206 e. The van der Waals surface area contributed by atoms with Crippen molar-refractivity contribution in [1.29, 1.82) is 0 Å². The Labute approximate surface area is 67.1 Å². The fraction of sp³-hybridized carbons (Fsp3) is 0.300. The van der Waals surface area contributed by atoms with E-state index in [0.29, 0.717) is 0 Å². The zero-order chi connectivity index (χ0) is 8.27. The van der Waals surface area contributed by atoms with Gasteiger partial charge in [0.2, 0.25) is 6.29 Å². The second-order valence-corrected chi connectivity index (χ2v) is 2.70. The third-order valence-electron chi connectivity index (χ3n) is 1.83. The Bertz CT molecular complexity index is 253. The van der Waals surface area contributed by atoms with Gasteiger partial charge in [0.25, 0.3) is 0 Å². The van der Waals surface area contributed by atoms with E-state index in [-0.39, 0.29) is 5.92 Å². The van der Waals surface area contributed by atoms with Gasteiger partial charge in [0.1, 0.15) is 0 Å². The normalized spacial score (nSPS) is 12.5. The molecular weight excluding hydrogens is 136 g/mol. The Morgan fingerprint density at radius 3 is 2.55 bits per heavy atom. The second-order valence-electron chi connectivity index (χ2n) is 2.70. The van der Waals surface area contributed by atoms with Gasteiger partial charge in [-0.2, -0.15) is 0 Å². The highest BCUT2D eigenvalue weighted by Gasteiger charge is 2.05. The average Bonchev–Trinajstić information content (AvgIpc) is 2.04. The second kappa shape index (κ2) is 3.33. The van der Waals surface area contributed by atoms with E-state index in [1.165, 1.54) is 0 Å². The Morgan fingerprint density at radius 2 is 2.00 bits per heavy atom. The molecule has 0 unspecified atom stereocenters. The van der Waals surface area contributed by atoms with Crippen LogP contribution in [-0.2, 0) is 4.79 Å². The first-order chi connectivity index (χ1) is 5.25. The lowest BCUT2D eigenvalue weighted by Gasteiger charge is -2.05. The number of benzene rings is 1. The lowest BCUT2D eigenvalue weighted by atomic mass is 9.98. The number of aryl methyl sites for hydroxylation is 1. The van der Waals surface area contributed by atoms with Crippen molar-refractivity contribution in [3.05, 3.63) is 35.4 Å². The summed E-state index contributed by atoms with van der Waals surface area (Å²) in [6.45, 7) is 3.86. The van der Waals surface area contributed by atoms with Gasteiger partial charge < -0.3 is 0 Å². The largest absolute Gasteiger partial charge is 0.290 e. The Balaban J connectivity index is 3.02.